The Balaban J connectivity index is 1.34. The molecule has 46 heavy (non-hydrogen) atoms. The molecule has 248 valence electrons. The number of aromatic nitrogens is 3. The van der Waals surface area contributed by atoms with Gasteiger partial charge in [0.15, 0.2) is 0 Å². The number of para-hydroxylation sites is 1. The molecule has 3 heterocycles. The van der Waals surface area contributed by atoms with Gasteiger partial charge in [0, 0.05) is 33.1 Å². The summed E-state index contributed by atoms with van der Waals surface area (Å²) in [5, 5.41) is 18.7. The zero-order valence-electron chi connectivity index (χ0n) is 27.0. The van der Waals surface area contributed by atoms with Gasteiger partial charge in [-0.15, -0.1) is 5.10 Å². The van der Waals surface area contributed by atoms with Gasteiger partial charge in [-0.25, -0.2) is 8.42 Å². The maximum atomic E-state index is 13.7. The van der Waals surface area contributed by atoms with Crippen LogP contribution in [0.1, 0.15) is 69.0 Å². The molecule has 1 fully saturated rings. The highest BCUT2D eigenvalue weighted by atomic mass is 32.2. The Morgan fingerprint density at radius 1 is 1.15 bits per heavy atom. The number of carbonyl (C=O) groups excluding carboxylic acids is 1. The molecule has 0 radical (unpaired) electrons. The Kier molecular flexibility index (Phi) is 9.85. The number of carboxylic acids is 1. The minimum absolute atomic E-state index is 0.0412. The zero-order chi connectivity index (χ0) is 33.2. The first-order valence-electron chi connectivity index (χ1n) is 15.6. The molecule has 5 rings (SSSR count). The second kappa shape index (κ2) is 13.5. The quantitative estimate of drug-likeness (QED) is 0.341. The molecule has 2 atom stereocenters. The molecule has 0 bridgehead atoms. The van der Waals surface area contributed by atoms with Crippen molar-refractivity contribution in [2.75, 3.05) is 19.6 Å². The summed E-state index contributed by atoms with van der Waals surface area (Å²) in [7, 11) is -3.86. The number of fused-ring (bicyclic) bond motifs is 1. The van der Waals surface area contributed by atoms with Crippen molar-refractivity contribution in [3.8, 4) is 5.75 Å². The molecule has 3 aromatic rings. The lowest BCUT2D eigenvalue weighted by Gasteiger charge is -2.31. The molecule has 1 aromatic heterocycles. The number of benzene rings is 2. The van der Waals surface area contributed by atoms with E-state index in [0.29, 0.717) is 29.5 Å². The smallest absolute Gasteiger partial charge is 0.312 e. The minimum atomic E-state index is -3.86. The molecule has 0 spiro atoms. The van der Waals surface area contributed by atoms with E-state index >= 15 is 0 Å². The lowest BCUT2D eigenvalue weighted by molar-refractivity contribution is -0.158. The van der Waals surface area contributed by atoms with Crippen molar-refractivity contribution in [1.82, 2.24) is 24.2 Å². The van der Waals surface area contributed by atoms with E-state index in [9.17, 15) is 23.1 Å². The molecule has 2 aliphatic rings. The predicted octanol–water partition coefficient (Wildman–Crippen LogP) is 4.19. The van der Waals surface area contributed by atoms with Gasteiger partial charge in [0.1, 0.15) is 22.4 Å². The number of sulfonamides is 1. The number of hydrogen-bond donors (Lipinski definition) is 1. The highest BCUT2D eigenvalue weighted by Gasteiger charge is 2.40. The molecule has 1 amide bonds. The average Bonchev–Trinajstić information content (AvgIpc) is 3.42. The van der Waals surface area contributed by atoms with E-state index in [4.69, 9.17) is 9.47 Å². The van der Waals surface area contributed by atoms with Gasteiger partial charge >= 0.3 is 5.97 Å². The van der Waals surface area contributed by atoms with Crippen molar-refractivity contribution in [3.63, 3.8) is 0 Å². The van der Waals surface area contributed by atoms with E-state index in [2.05, 4.69) is 10.3 Å². The van der Waals surface area contributed by atoms with E-state index in [-0.39, 0.29) is 36.6 Å². The zero-order valence-corrected chi connectivity index (χ0v) is 27.9. The largest absolute Gasteiger partial charge is 0.488 e. The first-order valence-corrected chi connectivity index (χ1v) is 17.0. The van der Waals surface area contributed by atoms with Crippen molar-refractivity contribution in [2.24, 2.45) is 11.3 Å². The Labute approximate surface area is 270 Å². The number of aryl methyl sites for hydroxylation is 1. The summed E-state index contributed by atoms with van der Waals surface area (Å²) in [4.78, 5) is 26.1. The van der Waals surface area contributed by atoms with E-state index in [1.165, 1.54) is 4.31 Å². The summed E-state index contributed by atoms with van der Waals surface area (Å²) in [6.45, 7) is 11.0. The van der Waals surface area contributed by atoms with Crippen molar-refractivity contribution >= 4 is 21.9 Å². The summed E-state index contributed by atoms with van der Waals surface area (Å²) in [5.41, 5.74) is 1.49. The molecule has 0 aliphatic carbocycles. The second-order valence-electron chi connectivity index (χ2n) is 13.0. The minimum Gasteiger partial charge on any atom is -0.488 e. The average molecular weight is 654 g/mol. The number of carboxylic acid groups (broad SMARTS) is 1. The van der Waals surface area contributed by atoms with Crippen molar-refractivity contribution < 1.29 is 32.6 Å². The standard InChI is InChI=1S/C33H43N5O7S/c1-22-10-11-26(16-27(22)19-38-17-23(2)45-29-8-6-7-9-30(29)46(38,42)43)31(33(4,5)32(40)41)44-21-28-20-37(35-34-28)18-25-12-14-36(15-13-25)24(3)39/h6-11,16,20,23,25,31H,12-15,17-19,21H2,1-5H3,(H,40,41)/t23-,31?/m1/s1. The van der Waals surface area contributed by atoms with Crippen LogP contribution in [0.15, 0.2) is 53.6 Å². The van der Waals surface area contributed by atoms with Crippen molar-refractivity contribution in [3.05, 3.63) is 71.0 Å². The molecular formula is C33H43N5O7S. The molecule has 0 saturated carbocycles. The molecule has 1 unspecified atom stereocenters. The van der Waals surface area contributed by atoms with Gasteiger partial charge in [-0.1, -0.05) is 35.5 Å². The van der Waals surface area contributed by atoms with Gasteiger partial charge in [-0.05, 0) is 75.3 Å². The summed E-state index contributed by atoms with van der Waals surface area (Å²) in [6, 6.07) is 12.2. The lowest BCUT2D eigenvalue weighted by atomic mass is 9.81. The van der Waals surface area contributed by atoms with Crippen LogP contribution in [0.4, 0.5) is 0 Å². The summed E-state index contributed by atoms with van der Waals surface area (Å²) < 4.78 is 42.8. The number of likely N-dealkylation sites (tertiary alicyclic amines) is 1. The summed E-state index contributed by atoms with van der Waals surface area (Å²) in [5.74, 6) is -0.222. The first kappa shape index (κ1) is 33.6. The maximum Gasteiger partial charge on any atom is 0.312 e. The van der Waals surface area contributed by atoms with Crippen LogP contribution in [-0.2, 0) is 44.0 Å². The number of carbonyl (C=O) groups is 2. The monoisotopic (exact) mass is 653 g/mol. The summed E-state index contributed by atoms with van der Waals surface area (Å²) >= 11 is 0. The molecule has 1 N–H and O–H groups in total. The van der Waals surface area contributed by atoms with E-state index in [1.54, 1.807) is 49.7 Å². The fourth-order valence-electron chi connectivity index (χ4n) is 6.09. The maximum absolute atomic E-state index is 13.7. The highest BCUT2D eigenvalue weighted by Crippen LogP contribution is 2.39. The predicted molar refractivity (Wildman–Crippen MR) is 169 cm³/mol. The Hall–Kier alpha value is -3.81. The van der Waals surface area contributed by atoms with Crippen molar-refractivity contribution in [1.29, 1.82) is 0 Å². The normalized spacial score (nSPS) is 19.6. The third kappa shape index (κ3) is 7.26. The SMILES string of the molecule is CC(=O)N1CCC(Cn2cc(COC(c3ccc(C)c(CN4C[C@@H](C)Oc5ccccc5S4(=O)=O)c3)C(C)(C)C(=O)O)nn2)CC1. The van der Waals surface area contributed by atoms with Crippen LogP contribution < -0.4 is 4.74 Å². The van der Waals surface area contributed by atoms with Gasteiger partial charge in [0.2, 0.25) is 15.9 Å². The number of nitrogens with zero attached hydrogens (tertiary/aromatic N) is 5. The van der Waals surface area contributed by atoms with Crippen LogP contribution in [0, 0.1) is 18.3 Å². The number of amides is 1. The number of rotatable bonds is 10. The molecule has 12 nitrogen and oxygen atoms in total. The first-order chi connectivity index (χ1) is 21.8. The number of piperidine rings is 1. The Bertz CT molecular complexity index is 1680. The van der Waals surface area contributed by atoms with Gasteiger partial charge in [0.05, 0.1) is 30.9 Å². The highest BCUT2D eigenvalue weighted by molar-refractivity contribution is 7.89. The van der Waals surface area contributed by atoms with Crippen LogP contribution in [0.2, 0.25) is 0 Å². The van der Waals surface area contributed by atoms with Gasteiger partial charge in [0.25, 0.3) is 0 Å². The fourth-order valence-corrected chi connectivity index (χ4v) is 7.71. The summed E-state index contributed by atoms with van der Waals surface area (Å²) in [6.07, 6.45) is 2.37. The van der Waals surface area contributed by atoms with Crippen LogP contribution in [0.25, 0.3) is 0 Å². The van der Waals surface area contributed by atoms with E-state index < -0.39 is 27.5 Å². The second-order valence-corrected chi connectivity index (χ2v) is 14.9. The number of aliphatic carboxylic acids is 1. The van der Waals surface area contributed by atoms with E-state index in [1.807, 2.05) is 43.1 Å². The van der Waals surface area contributed by atoms with Crippen LogP contribution in [-0.4, -0.2) is 75.3 Å². The van der Waals surface area contributed by atoms with Crippen LogP contribution in [0.5, 0.6) is 5.75 Å². The number of hydrogen-bond acceptors (Lipinski definition) is 8. The topological polar surface area (TPSA) is 144 Å². The van der Waals surface area contributed by atoms with E-state index in [0.717, 1.165) is 37.1 Å². The van der Waals surface area contributed by atoms with Crippen LogP contribution >= 0.6 is 0 Å². The molecule has 2 aromatic carbocycles. The Morgan fingerprint density at radius 3 is 2.57 bits per heavy atom. The number of ether oxygens (including phenoxy) is 2. The fraction of sp³-hybridized carbons (Fsp3) is 0.515. The van der Waals surface area contributed by atoms with Gasteiger partial charge in [-0.2, -0.15) is 4.31 Å². The van der Waals surface area contributed by atoms with Gasteiger partial charge < -0.3 is 19.5 Å². The third-order valence-corrected chi connectivity index (χ3v) is 10.8. The molecule has 1 saturated heterocycles. The third-order valence-electron chi connectivity index (χ3n) is 8.97. The van der Waals surface area contributed by atoms with Gasteiger partial charge in [-0.3, -0.25) is 14.3 Å². The lowest BCUT2D eigenvalue weighted by Crippen LogP contribution is -2.38. The molecular weight excluding hydrogens is 610 g/mol. The Morgan fingerprint density at radius 2 is 1.87 bits per heavy atom. The van der Waals surface area contributed by atoms with Crippen molar-refractivity contribution in [2.45, 2.75) is 84.3 Å². The molecule has 13 heteroatoms. The molecule has 2 aliphatic heterocycles. The van der Waals surface area contributed by atoms with Crippen LogP contribution in [0.3, 0.4) is 0 Å².